The highest BCUT2D eigenvalue weighted by molar-refractivity contribution is 7.05. The minimum Gasteiger partial charge on any atom is -0.207 e. The molecule has 3 rings (SSSR count). The second kappa shape index (κ2) is 5.78. The van der Waals surface area contributed by atoms with E-state index in [0.29, 0.717) is 16.5 Å². The van der Waals surface area contributed by atoms with Crippen LogP contribution in [0.25, 0.3) is 0 Å². The molecule has 0 spiro atoms. The summed E-state index contributed by atoms with van der Waals surface area (Å²) in [7, 11) is 0. The maximum Gasteiger partial charge on any atom is 0.128 e. The lowest BCUT2D eigenvalue weighted by atomic mass is 9.95. The van der Waals surface area contributed by atoms with E-state index in [-0.39, 0.29) is 11.7 Å². The third-order valence-corrected chi connectivity index (χ3v) is 4.97. The van der Waals surface area contributed by atoms with E-state index in [9.17, 15) is 4.39 Å². The fourth-order valence-electron chi connectivity index (χ4n) is 2.53. The Balaban J connectivity index is 1.70. The van der Waals surface area contributed by atoms with Crippen LogP contribution in [0.5, 0.6) is 0 Å². The van der Waals surface area contributed by atoms with Gasteiger partial charge in [-0.15, -0.1) is 5.10 Å². The maximum atomic E-state index is 13.9. The number of halogens is 2. The van der Waals surface area contributed by atoms with Crippen molar-refractivity contribution in [2.45, 2.75) is 44.4 Å². The molecule has 1 aliphatic rings. The molecule has 0 unspecified atom stereocenters. The van der Waals surface area contributed by atoms with E-state index in [0.717, 1.165) is 12.8 Å². The van der Waals surface area contributed by atoms with Gasteiger partial charge in [0, 0.05) is 21.4 Å². The number of rotatable bonds is 5. The molecule has 0 radical (unpaired) electrons. The van der Waals surface area contributed by atoms with Crippen LogP contribution in [0.15, 0.2) is 18.2 Å². The number of hydrogen-bond donors (Lipinski definition) is 0. The van der Waals surface area contributed by atoms with Crippen molar-refractivity contribution < 1.29 is 4.39 Å². The lowest BCUT2D eigenvalue weighted by Crippen LogP contribution is -2.01. The van der Waals surface area contributed by atoms with E-state index in [2.05, 4.69) is 9.59 Å². The fourth-order valence-corrected chi connectivity index (χ4v) is 3.62. The molecule has 0 amide bonds. The Bertz CT molecular complexity index is 589. The average molecular weight is 311 g/mol. The van der Waals surface area contributed by atoms with Crippen molar-refractivity contribution in [1.82, 2.24) is 9.59 Å². The van der Waals surface area contributed by atoms with Crippen LogP contribution >= 0.6 is 23.1 Å². The number of aryl methyl sites for hydroxylation is 1. The third kappa shape index (κ3) is 2.86. The van der Waals surface area contributed by atoms with Gasteiger partial charge in [-0.3, -0.25) is 0 Å². The van der Waals surface area contributed by atoms with E-state index in [4.69, 9.17) is 11.6 Å². The number of benzene rings is 1. The van der Waals surface area contributed by atoms with Crippen molar-refractivity contribution in [3.63, 3.8) is 0 Å². The Kier molecular flexibility index (Phi) is 4.03. The van der Waals surface area contributed by atoms with Gasteiger partial charge >= 0.3 is 0 Å². The maximum absolute atomic E-state index is 13.9. The van der Waals surface area contributed by atoms with Gasteiger partial charge in [0.1, 0.15) is 5.82 Å². The van der Waals surface area contributed by atoms with Gasteiger partial charge in [-0.25, -0.2) is 4.39 Å². The van der Waals surface area contributed by atoms with Crippen molar-refractivity contribution in [2.75, 3.05) is 0 Å². The van der Waals surface area contributed by atoms with Crippen LogP contribution in [0.3, 0.4) is 0 Å². The van der Waals surface area contributed by atoms with Crippen molar-refractivity contribution in [1.29, 1.82) is 0 Å². The van der Waals surface area contributed by atoms with Crippen LogP contribution in [-0.2, 0) is 6.42 Å². The highest BCUT2D eigenvalue weighted by atomic mass is 35.5. The summed E-state index contributed by atoms with van der Waals surface area (Å²) in [6.45, 7) is 2.02. The van der Waals surface area contributed by atoms with Crippen LogP contribution in [0.4, 0.5) is 4.39 Å². The SMILES string of the molecule is C[C@H](CCc1snnc1C1CC1)c1c(F)cccc1Cl. The molecule has 1 aromatic heterocycles. The molecule has 0 aliphatic heterocycles. The van der Waals surface area contributed by atoms with Gasteiger partial charge in [0.05, 0.1) is 5.69 Å². The minimum atomic E-state index is -0.213. The summed E-state index contributed by atoms with van der Waals surface area (Å²) in [6, 6.07) is 4.87. The van der Waals surface area contributed by atoms with Crippen LogP contribution in [-0.4, -0.2) is 9.59 Å². The van der Waals surface area contributed by atoms with Gasteiger partial charge in [0.2, 0.25) is 0 Å². The smallest absolute Gasteiger partial charge is 0.128 e. The van der Waals surface area contributed by atoms with Gasteiger partial charge in [0.25, 0.3) is 0 Å². The number of hydrogen-bond acceptors (Lipinski definition) is 3. The summed E-state index contributed by atoms with van der Waals surface area (Å²) in [5.41, 5.74) is 1.79. The van der Waals surface area contributed by atoms with Crippen molar-refractivity contribution in [3.05, 3.63) is 45.2 Å². The molecule has 2 aromatic rings. The zero-order chi connectivity index (χ0) is 14.1. The number of nitrogens with zero attached hydrogens (tertiary/aromatic N) is 2. The average Bonchev–Trinajstić information content (AvgIpc) is 3.15. The van der Waals surface area contributed by atoms with E-state index < -0.39 is 0 Å². The van der Waals surface area contributed by atoms with Gasteiger partial charge in [0.15, 0.2) is 0 Å². The normalized spacial score (nSPS) is 16.4. The number of aromatic nitrogens is 2. The Morgan fingerprint density at radius 2 is 2.25 bits per heavy atom. The zero-order valence-corrected chi connectivity index (χ0v) is 12.8. The largest absolute Gasteiger partial charge is 0.207 e. The molecule has 20 heavy (non-hydrogen) atoms. The first-order chi connectivity index (χ1) is 9.66. The first-order valence-corrected chi connectivity index (χ1v) is 8.07. The molecule has 2 nitrogen and oxygen atoms in total. The monoisotopic (exact) mass is 310 g/mol. The van der Waals surface area contributed by atoms with Crippen LogP contribution in [0.2, 0.25) is 5.02 Å². The van der Waals surface area contributed by atoms with E-state index in [1.165, 1.54) is 41.0 Å². The first-order valence-electron chi connectivity index (χ1n) is 6.92. The van der Waals surface area contributed by atoms with Gasteiger partial charge in [-0.1, -0.05) is 29.1 Å². The van der Waals surface area contributed by atoms with Crippen molar-refractivity contribution in [3.8, 4) is 0 Å². The molecule has 1 saturated carbocycles. The molecule has 106 valence electrons. The Labute approximate surface area is 127 Å². The highest BCUT2D eigenvalue weighted by Crippen LogP contribution is 2.42. The van der Waals surface area contributed by atoms with Crippen LogP contribution in [0.1, 0.15) is 54.2 Å². The fraction of sp³-hybridized carbons (Fsp3) is 0.467. The quantitative estimate of drug-likeness (QED) is 0.781. The van der Waals surface area contributed by atoms with E-state index in [1.54, 1.807) is 12.1 Å². The first kappa shape index (κ1) is 14.0. The second-order valence-electron chi connectivity index (χ2n) is 5.43. The Morgan fingerprint density at radius 3 is 2.95 bits per heavy atom. The van der Waals surface area contributed by atoms with Crippen molar-refractivity contribution in [2.24, 2.45) is 0 Å². The van der Waals surface area contributed by atoms with Gasteiger partial charge < -0.3 is 0 Å². The van der Waals surface area contributed by atoms with Crippen molar-refractivity contribution >= 4 is 23.1 Å². The lowest BCUT2D eigenvalue weighted by molar-refractivity contribution is 0.574. The second-order valence-corrected chi connectivity index (χ2v) is 6.68. The summed E-state index contributed by atoms with van der Waals surface area (Å²) in [4.78, 5) is 1.26. The molecular formula is C15H16ClFN2S. The predicted molar refractivity (Wildman–Crippen MR) is 80.0 cm³/mol. The minimum absolute atomic E-state index is 0.0952. The molecule has 1 fully saturated rings. The molecule has 5 heteroatoms. The summed E-state index contributed by atoms with van der Waals surface area (Å²) >= 11 is 7.59. The molecular weight excluding hydrogens is 295 g/mol. The molecule has 1 aromatic carbocycles. The molecule has 1 heterocycles. The molecule has 0 N–H and O–H groups in total. The van der Waals surface area contributed by atoms with Crippen LogP contribution < -0.4 is 0 Å². The molecule has 0 saturated heterocycles. The topological polar surface area (TPSA) is 25.8 Å². The molecule has 1 atom stereocenters. The summed E-state index contributed by atoms with van der Waals surface area (Å²) in [6.07, 6.45) is 4.22. The molecule has 1 aliphatic carbocycles. The van der Waals surface area contributed by atoms with Gasteiger partial charge in [-0.05, 0) is 55.3 Å². The molecule has 0 bridgehead atoms. The third-order valence-electron chi connectivity index (χ3n) is 3.85. The summed E-state index contributed by atoms with van der Waals surface area (Å²) in [5.74, 6) is 0.504. The predicted octanol–water partition coefficient (Wildman–Crippen LogP) is 4.94. The lowest BCUT2D eigenvalue weighted by Gasteiger charge is -2.14. The van der Waals surface area contributed by atoms with Crippen LogP contribution in [0, 0.1) is 5.82 Å². The van der Waals surface area contributed by atoms with E-state index in [1.807, 2.05) is 6.92 Å². The summed E-state index contributed by atoms with van der Waals surface area (Å²) < 4.78 is 17.9. The summed E-state index contributed by atoms with van der Waals surface area (Å²) in [5, 5.41) is 4.75. The zero-order valence-electron chi connectivity index (χ0n) is 11.3. The standard InChI is InChI=1S/C15H16ClFN2S/c1-9(14-11(16)3-2-4-12(14)17)5-8-13-15(10-6-7-10)18-19-20-13/h2-4,9-10H,5-8H2,1H3/t9-/m1/s1. The van der Waals surface area contributed by atoms with E-state index >= 15 is 0 Å². The Morgan fingerprint density at radius 1 is 1.45 bits per heavy atom. The highest BCUT2D eigenvalue weighted by Gasteiger charge is 2.29. The van der Waals surface area contributed by atoms with Gasteiger partial charge in [-0.2, -0.15) is 0 Å². The Hall–Kier alpha value is -1.00.